The lowest BCUT2D eigenvalue weighted by Crippen LogP contribution is -2.05. The highest BCUT2D eigenvalue weighted by atomic mass is 14.9. The molecule has 2 aromatic carbocycles. The van der Waals surface area contributed by atoms with E-state index in [-0.39, 0.29) is 0 Å². The van der Waals surface area contributed by atoms with E-state index in [9.17, 15) is 0 Å². The smallest absolute Gasteiger partial charge is 0.0385 e. The number of rotatable bonds is 9. The maximum Gasteiger partial charge on any atom is 0.0385 e. The van der Waals surface area contributed by atoms with E-state index in [2.05, 4.69) is 93.9 Å². The minimum Gasteiger partial charge on any atom is -0.359 e. The third-order valence-corrected chi connectivity index (χ3v) is 4.95. The summed E-state index contributed by atoms with van der Waals surface area (Å²) in [5.41, 5.74) is 15.4. The molecule has 0 aliphatic rings. The number of nitrogens with one attached hydrogen (secondary N) is 1. The molecule has 0 aromatic heterocycles. The molecule has 0 amide bonds. The number of aryl methyl sites for hydroxylation is 1. The van der Waals surface area contributed by atoms with Crippen LogP contribution >= 0.6 is 0 Å². The first kappa shape index (κ1) is 21.5. The van der Waals surface area contributed by atoms with E-state index in [4.69, 9.17) is 5.73 Å². The molecule has 146 valence electrons. The van der Waals surface area contributed by atoms with Crippen LogP contribution in [0.1, 0.15) is 48.9 Å². The zero-order chi connectivity index (χ0) is 20.5. The van der Waals surface area contributed by atoms with Crippen LogP contribution in [0.2, 0.25) is 0 Å². The van der Waals surface area contributed by atoms with E-state index in [1.54, 1.807) is 0 Å². The molecule has 2 rings (SSSR count). The Labute approximate surface area is 170 Å². The van der Waals surface area contributed by atoms with Gasteiger partial charge in [0.1, 0.15) is 0 Å². The molecule has 0 aliphatic carbocycles. The first-order valence-electron chi connectivity index (χ1n) is 9.79. The summed E-state index contributed by atoms with van der Waals surface area (Å²) in [5, 5.41) is 3.46. The minimum absolute atomic E-state index is 0.495. The van der Waals surface area contributed by atoms with E-state index >= 15 is 0 Å². The van der Waals surface area contributed by atoms with Crippen LogP contribution < -0.4 is 11.1 Å². The first-order valence-corrected chi connectivity index (χ1v) is 9.79. The predicted molar refractivity (Wildman–Crippen MR) is 125 cm³/mol. The second-order valence-corrected chi connectivity index (χ2v) is 6.92. The Balaban J connectivity index is 2.18. The summed E-state index contributed by atoms with van der Waals surface area (Å²) in [7, 11) is 0. The van der Waals surface area contributed by atoms with Crippen molar-refractivity contribution in [2.24, 2.45) is 5.73 Å². The molecule has 0 fully saturated rings. The van der Waals surface area contributed by atoms with Crippen molar-refractivity contribution >= 4 is 16.8 Å². The van der Waals surface area contributed by atoms with Gasteiger partial charge in [-0.05, 0) is 72.7 Å². The van der Waals surface area contributed by atoms with Gasteiger partial charge in [0.25, 0.3) is 0 Å². The molecule has 0 radical (unpaired) electrons. The van der Waals surface area contributed by atoms with Gasteiger partial charge < -0.3 is 11.1 Å². The highest BCUT2D eigenvalue weighted by molar-refractivity contribution is 5.73. The van der Waals surface area contributed by atoms with Gasteiger partial charge in [-0.25, -0.2) is 0 Å². The number of hydrogen-bond donors (Lipinski definition) is 2. The second kappa shape index (κ2) is 10.5. The number of hydrogen-bond acceptors (Lipinski definition) is 2. The quantitative estimate of drug-likeness (QED) is 0.472. The van der Waals surface area contributed by atoms with E-state index in [0.717, 1.165) is 29.8 Å². The van der Waals surface area contributed by atoms with Gasteiger partial charge in [0.05, 0.1) is 0 Å². The Morgan fingerprint density at radius 3 is 2.36 bits per heavy atom. The molecule has 0 bridgehead atoms. The number of anilines is 1. The van der Waals surface area contributed by atoms with Crippen LogP contribution in [-0.2, 0) is 6.54 Å². The van der Waals surface area contributed by atoms with Crippen LogP contribution in [0.15, 0.2) is 79.5 Å². The van der Waals surface area contributed by atoms with Crippen molar-refractivity contribution < 1.29 is 0 Å². The lowest BCUT2D eigenvalue weighted by molar-refractivity contribution is 1.06. The minimum atomic E-state index is 0.495. The average molecular weight is 373 g/mol. The van der Waals surface area contributed by atoms with Gasteiger partial charge in [-0.3, -0.25) is 0 Å². The van der Waals surface area contributed by atoms with Gasteiger partial charge in [0, 0.05) is 24.4 Å². The van der Waals surface area contributed by atoms with Crippen LogP contribution in [-0.4, -0.2) is 0 Å². The van der Waals surface area contributed by atoms with Crippen molar-refractivity contribution in [2.75, 3.05) is 5.32 Å². The van der Waals surface area contributed by atoms with Gasteiger partial charge in [-0.15, -0.1) is 6.58 Å². The maximum atomic E-state index is 6.02. The van der Waals surface area contributed by atoms with Gasteiger partial charge in [-0.1, -0.05) is 55.1 Å². The first-order chi connectivity index (χ1) is 13.5. The summed E-state index contributed by atoms with van der Waals surface area (Å²) in [6, 6.07) is 14.8. The van der Waals surface area contributed by atoms with Crippen LogP contribution in [0.25, 0.3) is 11.1 Å². The number of benzene rings is 2. The fourth-order valence-electron chi connectivity index (χ4n) is 3.46. The molecular weight excluding hydrogens is 340 g/mol. The summed E-state index contributed by atoms with van der Waals surface area (Å²) in [4.78, 5) is 0. The molecule has 3 N–H and O–H groups in total. The number of nitrogens with two attached hydrogens (primary N) is 1. The SMILES string of the molecule is C=CC/C(=C\C)c1ccc(NC(=C)C/C(=C/C)c2ccccc2C)cc1CN. The van der Waals surface area contributed by atoms with E-state index < -0.39 is 0 Å². The molecular formula is C26H32N2. The Hall–Kier alpha value is -2.84. The lowest BCUT2D eigenvalue weighted by atomic mass is 9.95. The normalized spacial score (nSPS) is 12.0. The summed E-state index contributed by atoms with van der Waals surface area (Å²) in [5.74, 6) is 0. The molecule has 0 unspecified atom stereocenters. The Bertz CT molecular complexity index is 900. The highest BCUT2D eigenvalue weighted by Crippen LogP contribution is 2.28. The van der Waals surface area contributed by atoms with Crippen molar-refractivity contribution in [3.05, 3.63) is 102 Å². The molecule has 0 aliphatic heterocycles. The molecule has 2 nitrogen and oxygen atoms in total. The van der Waals surface area contributed by atoms with Crippen molar-refractivity contribution in [3.8, 4) is 0 Å². The summed E-state index contributed by atoms with van der Waals surface area (Å²) >= 11 is 0. The average Bonchev–Trinajstić information content (AvgIpc) is 2.71. The zero-order valence-electron chi connectivity index (χ0n) is 17.4. The zero-order valence-corrected chi connectivity index (χ0v) is 17.4. The van der Waals surface area contributed by atoms with E-state index in [0.29, 0.717) is 6.54 Å². The lowest BCUT2D eigenvalue weighted by Gasteiger charge is -2.17. The van der Waals surface area contributed by atoms with Crippen molar-refractivity contribution in [1.29, 1.82) is 0 Å². The fraction of sp³-hybridized carbons (Fsp3) is 0.231. The Kier molecular flexibility index (Phi) is 8.03. The predicted octanol–water partition coefficient (Wildman–Crippen LogP) is 6.85. The molecule has 0 atom stereocenters. The largest absolute Gasteiger partial charge is 0.359 e. The van der Waals surface area contributed by atoms with Crippen LogP contribution in [0.3, 0.4) is 0 Å². The van der Waals surface area contributed by atoms with Gasteiger partial charge in [0.2, 0.25) is 0 Å². The standard InChI is InChI=1S/C26H32N2/c1-6-11-21(7-2)26-15-14-24(17-23(26)18-27)28-20(5)16-22(8-3)25-13-10-9-12-19(25)4/h6-10,12-15,17,28H,1,5,11,16,18,27H2,2-4H3/b21-7+,22-8-. The Morgan fingerprint density at radius 2 is 1.75 bits per heavy atom. The second-order valence-electron chi connectivity index (χ2n) is 6.92. The van der Waals surface area contributed by atoms with Crippen LogP contribution in [0, 0.1) is 6.92 Å². The summed E-state index contributed by atoms with van der Waals surface area (Å²) < 4.78 is 0. The van der Waals surface area contributed by atoms with Crippen LogP contribution in [0.5, 0.6) is 0 Å². The van der Waals surface area contributed by atoms with Crippen molar-refractivity contribution in [2.45, 2.75) is 40.2 Å². The van der Waals surface area contributed by atoms with Crippen molar-refractivity contribution in [3.63, 3.8) is 0 Å². The van der Waals surface area contributed by atoms with E-state index in [1.165, 1.54) is 27.8 Å². The topological polar surface area (TPSA) is 38.0 Å². The van der Waals surface area contributed by atoms with Gasteiger partial charge in [0.15, 0.2) is 0 Å². The number of allylic oxidation sites excluding steroid dienone is 5. The summed E-state index contributed by atoms with van der Waals surface area (Å²) in [6.45, 7) is 14.9. The summed E-state index contributed by atoms with van der Waals surface area (Å²) in [6.07, 6.45) is 7.83. The highest BCUT2D eigenvalue weighted by Gasteiger charge is 2.09. The molecule has 0 heterocycles. The molecule has 28 heavy (non-hydrogen) atoms. The van der Waals surface area contributed by atoms with Gasteiger partial charge in [-0.2, -0.15) is 0 Å². The molecule has 0 spiro atoms. The molecule has 0 saturated heterocycles. The molecule has 2 heteroatoms. The molecule has 2 aromatic rings. The van der Waals surface area contributed by atoms with Gasteiger partial charge >= 0.3 is 0 Å². The molecule has 0 saturated carbocycles. The van der Waals surface area contributed by atoms with Crippen molar-refractivity contribution in [1.82, 2.24) is 0 Å². The fourth-order valence-corrected chi connectivity index (χ4v) is 3.46. The monoisotopic (exact) mass is 372 g/mol. The van der Waals surface area contributed by atoms with E-state index in [1.807, 2.05) is 6.08 Å². The maximum absolute atomic E-state index is 6.02. The third kappa shape index (κ3) is 5.34. The van der Waals surface area contributed by atoms with Crippen LogP contribution in [0.4, 0.5) is 5.69 Å². The Morgan fingerprint density at radius 1 is 1.04 bits per heavy atom. The third-order valence-electron chi connectivity index (χ3n) is 4.95.